The smallest absolute Gasteiger partial charge is 0.125 e. The van der Waals surface area contributed by atoms with Crippen molar-refractivity contribution in [3.05, 3.63) is 62.7 Å². The van der Waals surface area contributed by atoms with Crippen LogP contribution >= 0.6 is 38.9 Å². The van der Waals surface area contributed by atoms with Gasteiger partial charge in [0, 0.05) is 19.4 Å². The first-order chi connectivity index (χ1) is 9.65. The summed E-state index contributed by atoms with van der Waals surface area (Å²) in [4.78, 5) is 1.05. The maximum atomic E-state index is 13.2. The lowest BCUT2D eigenvalue weighted by molar-refractivity contribution is 0.628. The van der Waals surface area contributed by atoms with E-state index in [4.69, 9.17) is 11.6 Å². The Hall–Kier alpha value is -1.10. The second-order valence-electron chi connectivity index (χ2n) is 4.31. The van der Waals surface area contributed by atoms with Gasteiger partial charge in [-0.15, -0.1) is 11.3 Å². The summed E-state index contributed by atoms with van der Waals surface area (Å²) < 4.78 is 15.2. The van der Waals surface area contributed by atoms with E-state index in [9.17, 15) is 4.39 Å². The van der Waals surface area contributed by atoms with Gasteiger partial charge in [-0.3, -0.25) is 0 Å². The van der Waals surface area contributed by atoms with E-state index in [0.29, 0.717) is 6.54 Å². The zero-order chi connectivity index (χ0) is 14.1. The number of thiophene rings is 1. The van der Waals surface area contributed by atoms with E-state index < -0.39 is 0 Å². The van der Waals surface area contributed by atoms with Crippen molar-refractivity contribution in [2.45, 2.75) is 6.54 Å². The van der Waals surface area contributed by atoms with Gasteiger partial charge in [0.05, 0.1) is 17.3 Å². The van der Waals surface area contributed by atoms with Gasteiger partial charge in [-0.1, -0.05) is 29.8 Å². The molecule has 0 bridgehead atoms. The third kappa shape index (κ3) is 2.68. The first-order valence-electron chi connectivity index (χ1n) is 6.00. The van der Waals surface area contributed by atoms with Gasteiger partial charge in [0.1, 0.15) is 5.82 Å². The van der Waals surface area contributed by atoms with Gasteiger partial charge in [-0.05, 0) is 40.2 Å². The Balaban J connectivity index is 1.87. The van der Waals surface area contributed by atoms with Crippen molar-refractivity contribution in [2.24, 2.45) is 0 Å². The standard InChI is InChI=1S/C15H10BrClFNS/c16-11-6-5-9(18)7-12(11)19-8-14-15(17)10-3-1-2-4-13(10)20-14/h1-7,19H,8H2. The molecule has 0 aliphatic carbocycles. The topological polar surface area (TPSA) is 12.0 Å². The molecule has 0 aliphatic rings. The van der Waals surface area contributed by atoms with E-state index in [1.165, 1.54) is 12.1 Å². The second-order valence-corrected chi connectivity index (χ2v) is 6.68. The van der Waals surface area contributed by atoms with Gasteiger partial charge in [-0.2, -0.15) is 0 Å². The van der Waals surface area contributed by atoms with Crippen LogP contribution in [0.25, 0.3) is 10.1 Å². The number of benzene rings is 2. The highest BCUT2D eigenvalue weighted by atomic mass is 79.9. The fourth-order valence-corrected chi connectivity index (χ4v) is 3.81. The summed E-state index contributed by atoms with van der Waals surface area (Å²) in [5, 5.41) is 5.04. The van der Waals surface area contributed by atoms with Crippen molar-refractivity contribution in [1.29, 1.82) is 0 Å². The minimum atomic E-state index is -0.266. The third-order valence-electron chi connectivity index (χ3n) is 2.97. The molecule has 3 aromatic rings. The quantitative estimate of drug-likeness (QED) is 0.590. The van der Waals surface area contributed by atoms with Crippen LogP contribution in [0.3, 0.4) is 0 Å². The molecule has 1 N–H and O–H groups in total. The number of hydrogen-bond donors (Lipinski definition) is 1. The number of rotatable bonds is 3. The molecule has 2 aromatic carbocycles. The maximum Gasteiger partial charge on any atom is 0.125 e. The summed E-state index contributed by atoms with van der Waals surface area (Å²) in [5.74, 6) is -0.266. The maximum absolute atomic E-state index is 13.2. The highest BCUT2D eigenvalue weighted by Gasteiger charge is 2.10. The zero-order valence-electron chi connectivity index (χ0n) is 10.3. The van der Waals surface area contributed by atoms with Gasteiger partial charge in [0.25, 0.3) is 0 Å². The van der Waals surface area contributed by atoms with Crippen LogP contribution in [0, 0.1) is 5.82 Å². The summed E-state index contributed by atoms with van der Waals surface area (Å²) >= 11 is 11.4. The molecule has 20 heavy (non-hydrogen) atoms. The molecule has 0 atom stereocenters. The third-order valence-corrected chi connectivity index (χ3v) is 5.38. The van der Waals surface area contributed by atoms with Crippen LogP contribution < -0.4 is 5.32 Å². The number of anilines is 1. The molecule has 0 amide bonds. The van der Waals surface area contributed by atoms with Gasteiger partial charge < -0.3 is 5.32 Å². The number of fused-ring (bicyclic) bond motifs is 1. The van der Waals surface area contributed by atoms with Crippen LogP contribution in [0.1, 0.15) is 4.88 Å². The van der Waals surface area contributed by atoms with Crippen molar-refractivity contribution in [1.82, 2.24) is 0 Å². The zero-order valence-corrected chi connectivity index (χ0v) is 13.4. The van der Waals surface area contributed by atoms with Crippen molar-refractivity contribution >= 4 is 54.6 Å². The van der Waals surface area contributed by atoms with Crippen LogP contribution in [0.15, 0.2) is 46.9 Å². The van der Waals surface area contributed by atoms with Crippen molar-refractivity contribution in [2.75, 3.05) is 5.32 Å². The summed E-state index contributed by atoms with van der Waals surface area (Å²) in [6.45, 7) is 0.570. The Morgan fingerprint density at radius 2 is 2.00 bits per heavy atom. The fourth-order valence-electron chi connectivity index (χ4n) is 1.99. The molecule has 1 heterocycles. The Kier molecular flexibility index (Phi) is 3.96. The summed E-state index contributed by atoms with van der Waals surface area (Å²) in [5.41, 5.74) is 0.721. The van der Waals surface area contributed by atoms with Crippen LogP contribution in [0.4, 0.5) is 10.1 Å². The first kappa shape index (κ1) is 13.9. The van der Waals surface area contributed by atoms with E-state index >= 15 is 0 Å². The lowest BCUT2D eigenvalue weighted by Crippen LogP contribution is -1.99. The molecule has 0 aliphatic heterocycles. The normalized spacial score (nSPS) is 10.9. The molecule has 5 heteroatoms. The van der Waals surface area contributed by atoms with E-state index in [0.717, 1.165) is 30.1 Å². The van der Waals surface area contributed by atoms with Gasteiger partial charge in [0.15, 0.2) is 0 Å². The lowest BCUT2D eigenvalue weighted by Gasteiger charge is -2.07. The van der Waals surface area contributed by atoms with Gasteiger partial charge in [-0.25, -0.2) is 4.39 Å². The number of nitrogens with one attached hydrogen (secondary N) is 1. The predicted octanol–water partition coefficient (Wildman–Crippen LogP) is 6.07. The van der Waals surface area contributed by atoms with Crippen molar-refractivity contribution in [3.63, 3.8) is 0 Å². The van der Waals surface area contributed by atoms with Crippen molar-refractivity contribution < 1.29 is 4.39 Å². The minimum Gasteiger partial charge on any atom is -0.379 e. The molecule has 3 rings (SSSR count). The predicted molar refractivity (Wildman–Crippen MR) is 88.3 cm³/mol. The Labute approximate surface area is 133 Å². The molecule has 1 aromatic heterocycles. The van der Waals surface area contributed by atoms with Crippen molar-refractivity contribution in [3.8, 4) is 0 Å². The Morgan fingerprint density at radius 3 is 2.80 bits per heavy atom. The molecule has 102 valence electrons. The highest BCUT2D eigenvalue weighted by Crippen LogP contribution is 2.36. The lowest BCUT2D eigenvalue weighted by atomic mass is 10.2. The molecule has 0 saturated heterocycles. The Morgan fingerprint density at radius 1 is 1.20 bits per heavy atom. The van der Waals surface area contributed by atoms with Crippen LogP contribution in [0.2, 0.25) is 5.02 Å². The minimum absolute atomic E-state index is 0.266. The van der Waals surface area contributed by atoms with Gasteiger partial charge >= 0.3 is 0 Å². The summed E-state index contributed by atoms with van der Waals surface area (Å²) in [6, 6.07) is 12.6. The van der Waals surface area contributed by atoms with E-state index in [1.54, 1.807) is 17.4 Å². The largest absolute Gasteiger partial charge is 0.379 e. The van der Waals surface area contributed by atoms with Gasteiger partial charge in [0.2, 0.25) is 0 Å². The molecular weight excluding hydrogens is 361 g/mol. The molecule has 1 nitrogen and oxygen atoms in total. The van der Waals surface area contributed by atoms with E-state index in [1.807, 2.05) is 24.3 Å². The molecule has 0 spiro atoms. The molecular formula is C15H10BrClFNS. The monoisotopic (exact) mass is 369 g/mol. The molecule has 0 unspecified atom stereocenters. The molecule has 0 saturated carbocycles. The fraction of sp³-hybridized carbons (Fsp3) is 0.0667. The average Bonchev–Trinajstić information content (AvgIpc) is 2.77. The summed E-state index contributed by atoms with van der Waals surface area (Å²) in [6.07, 6.45) is 0. The first-order valence-corrected chi connectivity index (χ1v) is 7.99. The Bertz CT molecular complexity index is 772. The highest BCUT2D eigenvalue weighted by molar-refractivity contribution is 9.10. The van der Waals surface area contributed by atoms with Crippen LogP contribution in [-0.2, 0) is 6.54 Å². The van der Waals surface area contributed by atoms with E-state index in [-0.39, 0.29) is 5.82 Å². The second kappa shape index (κ2) is 5.72. The molecule has 0 radical (unpaired) electrons. The van der Waals surface area contributed by atoms with E-state index in [2.05, 4.69) is 21.2 Å². The average molecular weight is 371 g/mol. The van der Waals surface area contributed by atoms with Crippen LogP contribution in [-0.4, -0.2) is 0 Å². The number of hydrogen-bond acceptors (Lipinski definition) is 2. The SMILES string of the molecule is Fc1ccc(Br)c(NCc2sc3ccccc3c2Cl)c1. The molecule has 0 fully saturated rings. The van der Waals surface area contributed by atoms with Crippen LogP contribution in [0.5, 0.6) is 0 Å². The summed E-state index contributed by atoms with van der Waals surface area (Å²) in [7, 11) is 0. The number of halogens is 3.